The van der Waals surface area contributed by atoms with Gasteiger partial charge in [-0.05, 0) is 82.9 Å². The summed E-state index contributed by atoms with van der Waals surface area (Å²) in [6, 6.07) is 34.3. The Bertz CT molecular complexity index is 2110. The normalized spacial score (nSPS) is 11.1. The van der Waals surface area contributed by atoms with Crippen LogP contribution in [0.2, 0.25) is 10.0 Å². The molecule has 0 aliphatic carbocycles. The van der Waals surface area contributed by atoms with E-state index in [2.05, 4.69) is 0 Å². The van der Waals surface area contributed by atoms with Crippen LogP contribution >= 0.6 is 23.2 Å². The number of aromatic nitrogens is 2. The number of halogens is 2. The van der Waals surface area contributed by atoms with Gasteiger partial charge in [0.05, 0.1) is 28.3 Å². The molecular formula is C38H27Cl2N3O5. The first-order chi connectivity index (χ1) is 23.2. The molecular weight excluding hydrogens is 649 g/mol. The molecule has 0 aliphatic heterocycles. The fraction of sp³-hybridized carbons (Fsp3) is 0.0526. The number of hydrogen-bond acceptors (Lipinski definition) is 6. The Labute approximate surface area is 286 Å². The lowest BCUT2D eigenvalue weighted by atomic mass is 10.0. The number of benzene rings is 5. The van der Waals surface area contributed by atoms with E-state index in [1.54, 1.807) is 36.4 Å². The highest BCUT2D eigenvalue weighted by Gasteiger charge is 2.13. The fourth-order valence-corrected chi connectivity index (χ4v) is 5.53. The number of rotatable bonds is 10. The van der Waals surface area contributed by atoms with Gasteiger partial charge >= 0.3 is 5.97 Å². The number of hydrogen-bond donors (Lipinski definition) is 0. The molecule has 6 rings (SSSR count). The van der Waals surface area contributed by atoms with Crippen molar-refractivity contribution in [1.82, 2.24) is 9.55 Å². The zero-order valence-corrected chi connectivity index (χ0v) is 27.1. The van der Waals surface area contributed by atoms with Crippen molar-refractivity contribution in [3.8, 4) is 33.9 Å². The van der Waals surface area contributed by atoms with Crippen LogP contribution < -0.4 is 4.74 Å². The molecule has 0 saturated carbocycles. The van der Waals surface area contributed by atoms with Gasteiger partial charge in [-0.2, -0.15) is 0 Å². The van der Waals surface area contributed by atoms with Crippen molar-refractivity contribution in [2.24, 2.45) is 0 Å². The van der Waals surface area contributed by atoms with Crippen molar-refractivity contribution in [3.05, 3.63) is 164 Å². The Balaban J connectivity index is 1.20. The van der Waals surface area contributed by atoms with Crippen LogP contribution in [0.1, 0.15) is 27.3 Å². The van der Waals surface area contributed by atoms with Gasteiger partial charge in [0.1, 0.15) is 17.3 Å². The van der Waals surface area contributed by atoms with Crippen LogP contribution in [0.4, 0.5) is 5.69 Å². The molecule has 0 unspecified atom stereocenters. The molecule has 10 heteroatoms. The number of ether oxygens (including phenoxy) is 2. The third-order valence-electron chi connectivity index (χ3n) is 7.55. The first-order valence-corrected chi connectivity index (χ1v) is 15.5. The van der Waals surface area contributed by atoms with Gasteiger partial charge in [-0.3, -0.25) is 10.1 Å². The monoisotopic (exact) mass is 675 g/mol. The summed E-state index contributed by atoms with van der Waals surface area (Å²) in [5.41, 5.74) is 5.98. The summed E-state index contributed by atoms with van der Waals surface area (Å²) in [5.74, 6) is 1.48. The number of carbonyl (C=O) groups excluding carboxylic acids is 1. The van der Waals surface area contributed by atoms with Gasteiger partial charge in [-0.15, -0.1) is 0 Å². The maximum atomic E-state index is 11.9. The quantitative estimate of drug-likeness (QED) is 0.0814. The van der Waals surface area contributed by atoms with Gasteiger partial charge in [0.25, 0.3) is 5.69 Å². The van der Waals surface area contributed by atoms with Crippen LogP contribution in [0.15, 0.2) is 121 Å². The summed E-state index contributed by atoms with van der Waals surface area (Å²) in [6.07, 6.45) is 5.90. The molecule has 0 saturated heterocycles. The first-order valence-electron chi connectivity index (χ1n) is 14.8. The van der Waals surface area contributed by atoms with Crippen LogP contribution in [0.3, 0.4) is 0 Å². The second kappa shape index (κ2) is 14.4. The summed E-state index contributed by atoms with van der Waals surface area (Å²) >= 11 is 12.7. The maximum absolute atomic E-state index is 11.9. The molecule has 0 spiro atoms. The van der Waals surface area contributed by atoms with E-state index in [4.69, 9.17) is 37.7 Å². The summed E-state index contributed by atoms with van der Waals surface area (Å²) in [5, 5.41) is 11.9. The Morgan fingerprint density at radius 1 is 0.833 bits per heavy atom. The van der Waals surface area contributed by atoms with Crippen molar-refractivity contribution in [2.45, 2.75) is 6.54 Å². The van der Waals surface area contributed by atoms with Gasteiger partial charge in [-0.25, -0.2) is 9.78 Å². The largest absolute Gasteiger partial charge is 0.465 e. The molecule has 0 radical (unpaired) electrons. The topological polar surface area (TPSA) is 96.5 Å². The van der Waals surface area contributed by atoms with Crippen LogP contribution in [-0.4, -0.2) is 27.6 Å². The Morgan fingerprint density at radius 2 is 1.46 bits per heavy atom. The third kappa shape index (κ3) is 7.63. The Kier molecular flexibility index (Phi) is 9.66. The summed E-state index contributed by atoms with van der Waals surface area (Å²) in [7, 11) is 1.36. The number of nitro benzene ring substituents is 1. The molecule has 5 aromatic carbocycles. The molecule has 238 valence electrons. The van der Waals surface area contributed by atoms with Crippen LogP contribution in [0.25, 0.3) is 34.5 Å². The Hall–Kier alpha value is -5.70. The number of esters is 1. The molecule has 8 nitrogen and oxygen atoms in total. The van der Waals surface area contributed by atoms with Crippen LogP contribution in [0.5, 0.6) is 11.5 Å². The van der Waals surface area contributed by atoms with Crippen LogP contribution in [0, 0.1) is 10.1 Å². The van der Waals surface area contributed by atoms with Gasteiger partial charge in [0.15, 0.2) is 0 Å². The van der Waals surface area contributed by atoms with E-state index in [0.29, 0.717) is 39.3 Å². The fourth-order valence-electron chi connectivity index (χ4n) is 5.02. The van der Waals surface area contributed by atoms with Crippen molar-refractivity contribution in [2.75, 3.05) is 7.11 Å². The summed E-state index contributed by atoms with van der Waals surface area (Å²) in [6.45, 7) is 0.516. The van der Waals surface area contributed by atoms with Gasteiger partial charge in [0.2, 0.25) is 0 Å². The standard InChI is InChI=1S/C38H27Cl2N3O5/c1-47-38(44)29-9-4-26(5-10-29)23-42-24-36(34-20-13-30(39)22-35(34)40)41-37(42)21-6-25-2-7-27(8-3-25)28-11-16-32(17-12-28)48-33-18-14-31(15-19-33)43(45)46/h2-22,24H,23H2,1H3/b21-6+. The molecule has 0 amide bonds. The number of methoxy groups -OCH3 is 1. The molecule has 0 aliphatic rings. The minimum Gasteiger partial charge on any atom is -0.465 e. The zero-order chi connectivity index (χ0) is 33.6. The zero-order valence-electron chi connectivity index (χ0n) is 25.5. The SMILES string of the molecule is COC(=O)c1ccc(Cn2cc(-c3ccc(Cl)cc3Cl)nc2/C=C/c2ccc(-c3ccc(Oc4ccc([N+](=O)[O-])cc4)cc3)cc2)cc1. The average molecular weight is 677 g/mol. The lowest BCUT2D eigenvalue weighted by Gasteiger charge is -2.08. The van der Waals surface area contributed by atoms with Crippen LogP contribution in [-0.2, 0) is 11.3 Å². The Morgan fingerprint density at radius 3 is 2.06 bits per heavy atom. The number of imidazole rings is 1. The van der Waals surface area contributed by atoms with E-state index < -0.39 is 4.92 Å². The molecule has 1 heterocycles. The molecule has 1 aromatic heterocycles. The van der Waals surface area contributed by atoms with Gasteiger partial charge in [-0.1, -0.05) is 77.8 Å². The smallest absolute Gasteiger partial charge is 0.337 e. The second-order valence-corrected chi connectivity index (χ2v) is 11.6. The predicted octanol–water partition coefficient (Wildman–Crippen LogP) is 10.2. The average Bonchev–Trinajstić information content (AvgIpc) is 3.50. The first kappa shape index (κ1) is 32.2. The minimum atomic E-state index is -0.444. The van der Waals surface area contributed by atoms with E-state index >= 15 is 0 Å². The predicted molar refractivity (Wildman–Crippen MR) is 189 cm³/mol. The highest BCUT2D eigenvalue weighted by molar-refractivity contribution is 6.36. The van der Waals surface area contributed by atoms with E-state index in [0.717, 1.165) is 33.6 Å². The number of nitrogens with zero attached hydrogens (tertiary/aromatic N) is 3. The lowest BCUT2D eigenvalue weighted by Crippen LogP contribution is -2.03. The van der Waals surface area contributed by atoms with E-state index in [1.165, 1.54) is 19.2 Å². The van der Waals surface area contributed by atoms with E-state index in [9.17, 15) is 14.9 Å². The molecule has 0 fully saturated rings. The molecule has 0 atom stereocenters. The molecule has 0 bridgehead atoms. The molecule has 48 heavy (non-hydrogen) atoms. The minimum absolute atomic E-state index is 0.0118. The van der Waals surface area contributed by atoms with Crippen molar-refractivity contribution in [3.63, 3.8) is 0 Å². The highest BCUT2D eigenvalue weighted by atomic mass is 35.5. The third-order valence-corrected chi connectivity index (χ3v) is 8.10. The maximum Gasteiger partial charge on any atom is 0.337 e. The highest BCUT2D eigenvalue weighted by Crippen LogP contribution is 2.31. The summed E-state index contributed by atoms with van der Waals surface area (Å²) < 4.78 is 12.7. The summed E-state index contributed by atoms with van der Waals surface area (Å²) in [4.78, 5) is 27.2. The van der Waals surface area contributed by atoms with Crippen molar-refractivity contribution in [1.29, 1.82) is 0 Å². The lowest BCUT2D eigenvalue weighted by molar-refractivity contribution is -0.384. The van der Waals surface area contributed by atoms with E-state index in [-0.39, 0.29) is 11.7 Å². The molecule has 6 aromatic rings. The van der Waals surface area contributed by atoms with Crippen molar-refractivity contribution >= 4 is 47.0 Å². The number of carbonyl (C=O) groups is 1. The van der Waals surface area contributed by atoms with Gasteiger partial charge < -0.3 is 14.0 Å². The second-order valence-electron chi connectivity index (χ2n) is 10.8. The van der Waals surface area contributed by atoms with Gasteiger partial charge in [0, 0.05) is 35.5 Å². The molecule has 0 N–H and O–H groups in total. The van der Waals surface area contributed by atoms with Crippen molar-refractivity contribution < 1.29 is 19.2 Å². The number of non-ortho nitro benzene ring substituents is 1. The number of nitro groups is 1. The van der Waals surface area contributed by atoms with E-state index in [1.807, 2.05) is 89.6 Å².